The number of hydrogen-bond acceptors (Lipinski definition) is 1. The van der Waals surface area contributed by atoms with Crippen LogP contribution in [0, 0.1) is 0 Å². The zero-order valence-corrected chi connectivity index (χ0v) is 10.7. The molecule has 0 heterocycles. The number of carbonyl (C=O) groups is 1. The quantitative estimate of drug-likeness (QED) is 0.754. The fraction of sp³-hybridized carbons (Fsp3) is 0.188. The second kappa shape index (κ2) is 4.58. The standard InChI is InChI=1S/C16H13ClO/c17-13-7-5-11(6-8-13)16-10-14(18)9-12-3-1-2-4-15(12)16/h1-8,16H,9-10H2/t16-/m1/s1. The molecule has 0 fully saturated rings. The number of Topliss-reactive ketones (excluding diaryl/α,β-unsaturated/α-hetero) is 1. The van der Waals surface area contributed by atoms with Gasteiger partial charge in [0.1, 0.15) is 5.78 Å². The molecule has 2 aromatic rings. The maximum absolute atomic E-state index is 11.9. The Bertz CT molecular complexity index is 586. The van der Waals surface area contributed by atoms with Crippen molar-refractivity contribution in [3.05, 3.63) is 70.2 Å². The maximum atomic E-state index is 11.9. The third-order valence-electron chi connectivity index (χ3n) is 3.52. The summed E-state index contributed by atoms with van der Waals surface area (Å²) in [5.41, 5.74) is 3.60. The highest BCUT2D eigenvalue weighted by molar-refractivity contribution is 6.30. The van der Waals surface area contributed by atoms with Gasteiger partial charge in [0.2, 0.25) is 0 Å². The van der Waals surface area contributed by atoms with Crippen LogP contribution in [0.1, 0.15) is 29.0 Å². The van der Waals surface area contributed by atoms with E-state index in [-0.39, 0.29) is 5.92 Å². The lowest BCUT2D eigenvalue weighted by molar-refractivity contribution is -0.119. The lowest BCUT2D eigenvalue weighted by Crippen LogP contribution is -2.19. The molecular weight excluding hydrogens is 244 g/mol. The highest BCUT2D eigenvalue weighted by atomic mass is 35.5. The van der Waals surface area contributed by atoms with Crippen molar-refractivity contribution < 1.29 is 4.79 Å². The zero-order chi connectivity index (χ0) is 12.5. The van der Waals surface area contributed by atoms with E-state index in [0.29, 0.717) is 18.6 Å². The number of hydrogen-bond donors (Lipinski definition) is 0. The Morgan fingerprint density at radius 3 is 2.50 bits per heavy atom. The minimum atomic E-state index is 0.180. The minimum Gasteiger partial charge on any atom is -0.299 e. The van der Waals surface area contributed by atoms with Crippen molar-refractivity contribution in [1.29, 1.82) is 0 Å². The second-order valence-electron chi connectivity index (χ2n) is 4.72. The summed E-state index contributed by atoms with van der Waals surface area (Å²) in [5.74, 6) is 0.494. The van der Waals surface area contributed by atoms with Gasteiger partial charge in [0, 0.05) is 23.8 Å². The normalized spacial score (nSPS) is 18.5. The molecule has 0 saturated heterocycles. The summed E-state index contributed by atoms with van der Waals surface area (Å²) in [7, 11) is 0. The first kappa shape index (κ1) is 11.5. The van der Waals surface area contributed by atoms with Gasteiger partial charge in [0.15, 0.2) is 0 Å². The van der Waals surface area contributed by atoms with Crippen molar-refractivity contribution in [3.8, 4) is 0 Å². The van der Waals surface area contributed by atoms with Crippen molar-refractivity contribution in [2.75, 3.05) is 0 Å². The van der Waals surface area contributed by atoms with Gasteiger partial charge in [-0.15, -0.1) is 0 Å². The summed E-state index contributed by atoms with van der Waals surface area (Å²) in [6.45, 7) is 0. The van der Waals surface area contributed by atoms with Crippen molar-refractivity contribution in [2.24, 2.45) is 0 Å². The van der Waals surface area contributed by atoms with E-state index in [1.807, 2.05) is 36.4 Å². The Morgan fingerprint density at radius 1 is 1.00 bits per heavy atom. The Labute approximate surface area is 111 Å². The van der Waals surface area contributed by atoms with E-state index in [1.54, 1.807) is 0 Å². The van der Waals surface area contributed by atoms with E-state index in [1.165, 1.54) is 11.1 Å². The molecular formula is C16H13ClO. The first-order valence-corrected chi connectivity index (χ1v) is 6.47. The van der Waals surface area contributed by atoms with E-state index in [4.69, 9.17) is 11.6 Å². The predicted molar refractivity (Wildman–Crippen MR) is 73.1 cm³/mol. The second-order valence-corrected chi connectivity index (χ2v) is 5.16. The molecule has 0 spiro atoms. The molecule has 0 radical (unpaired) electrons. The van der Waals surface area contributed by atoms with Crippen LogP contribution in [0.25, 0.3) is 0 Å². The van der Waals surface area contributed by atoms with E-state index >= 15 is 0 Å². The van der Waals surface area contributed by atoms with Gasteiger partial charge in [-0.3, -0.25) is 4.79 Å². The number of rotatable bonds is 1. The number of carbonyl (C=O) groups excluding carboxylic acids is 1. The van der Waals surface area contributed by atoms with Gasteiger partial charge in [-0.05, 0) is 28.8 Å². The first-order chi connectivity index (χ1) is 8.74. The first-order valence-electron chi connectivity index (χ1n) is 6.09. The van der Waals surface area contributed by atoms with Crippen molar-refractivity contribution in [2.45, 2.75) is 18.8 Å². The van der Waals surface area contributed by atoms with Crippen molar-refractivity contribution in [3.63, 3.8) is 0 Å². The Morgan fingerprint density at radius 2 is 1.72 bits per heavy atom. The lowest BCUT2D eigenvalue weighted by Gasteiger charge is -2.25. The summed E-state index contributed by atoms with van der Waals surface area (Å²) < 4.78 is 0. The summed E-state index contributed by atoms with van der Waals surface area (Å²) in [4.78, 5) is 11.9. The Kier molecular flexibility index (Phi) is 2.92. The average Bonchev–Trinajstić information content (AvgIpc) is 2.38. The van der Waals surface area contributed by atoms with Crippen LogP contribution in [0.4, 0.5) is 0 Å². The van der Waals surface area contributed by atoms with Crippen molar-refractivity contribution in [1.82, 2.24) is 0 Å². The molecule has 1 atom stereocenters. The van der Waals surface area contributed by atoms with Gasteiger partial charge in [-0.25, -0.2) is 0 Å². The topological polar surface area (TPSA) is 17.1 Å². The Balaban J connectivity index is 2.07. The molecule has 0 N–H and O–H groups in total. The predicted octanol–water partition coefficient (Wildman–Crippen LogP) is 3.99. The molecule has 2 heteroatoms. The fourth-order valence-electron chi connectivity index (χ4n) is 2.65. The molecule has 1 aliphatic carbocycles. The van der Waals surface area contributed by atoms with Crippen LogP contribution < -0.4 is 0 Å². The van der Waals surface area contributed by atoms with Gasteiger partial charge in [0.05, 0.1) is 0 Å². The third-order valence-corrected chi connectivity index (χ3v) is 3.77. The highest BCUT2D eigenvalue weighted by Crippen LogP contribution is 2.35. The number of ketones is 1. The van der Waals surface area contributed by atoms with Gasteiger partial charge in [-0.2, -0.15) is 0 Å². The minimum absolute atomic E-state index is 0.180. The summed E-state index contributed by atoms with van der Waals surface area (Å²) in [5, 5.41) is 0.731. The van der Waals surface area contributed by atoms with Crippen LogP contribution in [-0.4, -0.2) is 5.78 Å². The molecule has 18 heavy (non-hydrogen) atoms. The molecule has 0 aromatic heterocycles. The molecule has 90 valence electrons. The molecule has 2 aromatic carbocycles. The fourth-order valence-corrected chi connectivity index (χ4v) is 2.78. The summed E-state index contributed by atoms with van der Waals surface area (Å²) in [6, 6.07) is 16.0. The highest BCUT2D eigenvalue weighted by Gasteiger charge is 2.25. The van der Waals surface area contributed by atoms with Gasteiger partial charge >= 0.3 is 0 Å². The van der Waals surface area contributed by atoms with Crippen molar-refractivity contribution >= 4 is 17.4 Å². The van der Waals surface area contributed by atoms with Crippen LogP contribution in [0.2, 0.25) is 5.02 Å². The summed E-state index contributed by atoms with van der Waals surface area (Å²) >= 11 is 5.91. The lowest BCUT2D eigenvalue weighted by atomic mass is 9.78. The Hall–Kier alpha value is -1.60. The monoisotopic (exact) mass is 256 g/mol. The van der Waals surface area contributed by atoms with Crippen LogP contribution in [0.3, 0.4) is 0 Å². The molecule has 0 aliphatic heterocycles. The van der Waals surface area contributed by atoms with E-state index < -0.39 is 0 Å². The van der Waals surface area contributed by atoms with Crippen LogP contribution in [0.15, 0.2) is 48.5 Å². The van der Waals surface area contributed by atoms with Gasteiger partial charge in [-0.1, -0.05) is 48.0 Å². The van der Waals surface area contributed by atoms with Gasteiger partial charge in [0.25, 0.3) is 0 Å². The zero-order valence-electron chi connectivity index (χ0n) is 9.90. The third kappa shape index (κ3) is 2.06. The number of benzene rings is 2. The smallest absolute Gasteiger partial charge is 0.138 e. The molecule has 1 nitrogen and oxygen atoms in total. The average molecular weight is 257 g/mol. The SMILES string of the molecule is O=C1Cc2ccccc2[C@@H](c2ccc(Cl)cc2)C1. The molecule has 0 bridgehead atoms. The van der Waals surface area contributed by atoms with Crippen LogP contribution in [0.5, 0.6) is 0 Å². The molecule has 0 unspecified atom stereocenters. The molecule has 1 aliphatic rings. The largest absolute Gasteiger partial charge is 0.299 e. The van der Waals surface area contributed by atoms with Gasteiger partial charge < -0.3 is 0 Å². The molecule has 0 amide bonds. The molecule has 3 rings (SSSR count). The van der Waals surface area contributed by atoms with E-state index in [9.17, 15) is 4.79 Å². The van der Waals surface area contributed by atoms with Crippen LogP contribution in [-0.2, 0) is 11.2 Å². The van der Waals surface area contributed by atoms with E-state index in [0.717, 1.165) is 10.6 Å². The molecule has 0 saturated carbocycles. The van der Waals surface area contributed by atoms with E-state index in [2.05, 4.69) is 12.1 Å². The number of fused-ring (bicyclic) bond motifs is 1. The van der Waals surface area contributed by atoms with Crippen LogP contribution >= 0.6 is 11.6 Å². The summed E-state index contributed by atoms with van der Waals surface area (Å²) in [6.07, 6.45) is 1.17. The number of halogens is 1. The maximum Gasteiger partial charge on any atom is 0.138 e.